The fourth-order valence-electron chi connectivity index (χ4n) is 4.38. The third-order valence-corrected chi connectivity index (χ3v) is 6.26. The number of hydrogen-bond acceptors (Lipinski definition) is 8. The smallest absolute Gasteiger partial charge is 0.266 e. The molecule has 0 unspecified atom stereocenters. The minimum Gasteiger partial charge on any atom is -0.354 e. The summed E-state index contributed by atoms with van der Waals surface area (Å²) in [4.78, 5) is 25.9. The second-order valence-corrected chi connectivity index (χ2v) is 8.54. The molecule has 0 atom stereocenters. The van der Waals surface area contributed by atoms with E-state index in [0.717, 1.165) is 61.2 Å². The molecule has 1 aliphatic rings. The molecule has 5 rings (SSSR count). The molecule has 1 saturated heterocycles. The van der Waals surface area contributed by atoms with Gasteiger partial charge in [0, 0.05) is 55.7 Å². The van der Waals surface area contributed by atoms with Crippen molar-refractivity contribution in [3.8, 4) is 5.82 Å². The highest BCUT2D eigenvalue weighted by Crippen LogP contribution is 2.23. The zero-order valence-corrected chi connectivity index (χ0v) is 19.4. The lowest BCUT2D eigenvalue weighted by Crippen LogP contribution is -2.48. The Morgan fingerprint density at radius 3 is 2.48 bits per heavy atom. The largest absolute Gasteiger partial charge is 0.354 e. The standard InChI is InChI=1S/C22H28N10O/c1-15-13-16(2)31(26-15)19-5-6-20(33)30(27-19)12-9-28-7-10-29(11-8-28)21-17(3)18(4)25-22-23-14-24-32(21)22/h5-6,13-14H,7-12H2,1-4H3. The van der Waals surface area contributed by atoms with Crippen molar-refractivity contribution < 1.29 is 0 Å². The minimum atomic E-state index is -0.102. The number of aryl methyl sites for hydroxylation is 3. The van der Waals surface area contributed by atoms with Gasteiger partial charge in [-0.15, -0.1) is 5.10 Å². The molecule has 4 aromatic rings. The molecule has 0 spiro atoms. The van der Waals surface area contributed by atoms with Crippen molar-refractivity contribution in [1.82, 2.24) is 44.0 Å². The Bertz CT molecular complexity index is 1360. The zero-order chi connectivity index (χ0) is 23.1. The van der Waals surface area contributed by atoms with Crippen LogP contribution < -0.4 is 10.5 Å². The summed E-state index contributed by atoms with van der Waals surface area (Å²) in [6.45, 7) is 12.8. The summed E-state index contributed by atoms with van der Waals surface area (Å²) >= 11 is 0. The molecule has 5 heterocycles. The van der Waals surface area contributed by atoms with Crippen molar-refractivity contribution in [2.24, 2.45) is 0 Å². The summed E-state index contributed by atoms with van der Waals surface area (Å²) in [6, 6.07) is 5.28. The molecule has 4 aromatic heterocycles. The normalized spacial score (nSPS) is 15.0. The molecule has 1 aliphatic heterocycles. The van der Waals surface area contributed by atoms with Crippen LogP contribution >= 0.6 is 0 Å². The lowest BCUT2D eigenvalue weighted by molar-refractivity contribution is 0.241. The van der Waals surface area contributed by atoms with E-state index in [-0.39, 0.29) is 5.56 Å². The lowest BCUT2D eigenvalue weighted by atomic mass is 10.2. The molecular formula is C22H28N10O. The first-order valence-electron chi connectivity index (χ1n) is 11.2. The summed E-state index contributed by atoms with van der Waals surface area (Å²) in [5.74, 6) is 2.35. The first-order valence-corrected chi connectivity index (χ1v) is 11.2. The monoisotopic (exact) mass is 448 g/mol. The predicted octanol–water partition coefficient (Wildman–Crippen LogP) is 0.923. The summed E-state index contributed by atoms with van der Waals surface area (Å²) in [6.07, 6.45) is 1.55. The molecule has 33 heavy (non-hydrogen) atoms. The van der Waals surface area contributed by atoms with Gasteiger partial charge in [0.15, 0.2) is 5.82 Å². The van der Waals surface area contributed by atoms with Crippen LogP contribution in [0.1, 0.15) is 22.6 Å². The van der Waals surface area contributed by atoms with E-state index >= 15 is 0 Å². The number of fused-ring (bicyclic) bond motifs is 1. The van der Waals surface area contributed by atoms with Gasteiger partial charge in [0.2, 0.25) is 0 Å². The van der Waals surface area contributed by atoms with Crippen molar-refractivity contribution >= 4 is 11.6 Å². The molecule has 0 saturated carbocycles. The molecule has 11 heteroatoms. The van der Waals surface area contributed by atoms with Gasteiger partial charge >= 0.3 is 0 Å². The Balaban J connectivity index is 1.26. The lowest BCUT2D eigenvalue weighted by Gasteiger charge is -2.36. The number of aromatic nitrogens is 8. The van der Waals surface area contributed by atoms with Crippen LogP contribution in [0.4, 0.5) is 5.82 Å². The highest BCUT2D eigenvalue weighted by molar-refractivity contribution is 5.54. The minimum absolute atomic E-state index is 0.102. The van der Waals surface area contributed by atoms with Gasteiger partial charge in [0.1, 0.15) is 12.1 Å². The average Bonchev–Trinajstić information content (AvgIpc) is 3.39. The highest BCUT2D eigenvalue weighted by atomic mass is 16.1. The number of piperazine rings is 1. The fraction of sp³-hybridized carbons (Fsp3) is 0.455. The second-order valence-electron chi connectivity index (χ2n) is 8.54. The third-order valence-electron chi connectivity index (χ3n) is 6.26. The molecule has 0 bridgehead atoms. The van der Waals surface area contributed by atoms with Gasteiger partial charge in [-0.1, -0.05) is 0 Å². The van der Waals surface area contributed by atoms with E-state index in [2.05, 4.69) is 42.0 Å². The van der Waals surface area contributed by atoms with E-state index < -0.39 is 0 Å². The molecule has 0 aliphatic carbocycles. The first kappa shape index (κ1) is 21.3. The Morgan fingerprint density at radius 1 is 0.970 bits per heavy atom. The van der Waals surface area contributed by atoms with E-state index in [0.29, 0.717) is 18.1 Å². The van der Waals surface area contributed by atoms with Crippen molar-refractivity contribution in [3.63, 3.8) is 0 Å². The van der Waals surface area contributed by atoms with Gasteiger partial charge < -0.3 is 4.90 Å². The number of hydrogen-bond donors (Lipinski definition) is 0. The Morgan fingerprint density at radius 2 is 1.76 bits per heavy atom. The summed E-state index contributed by atoms with van der Waals surface area (Å²) in [5.41, 5.74) is 3.91. The van der Waals surface area contributed by atoms with Crippen LogP contribution in [0.3, 0.4) is 0 Å². The predicted molar refractivity (Wildman–Crippen MR) is 124 cm³/mol. The maximum atomic E-state index is 12.4. The van der Waals surface area contributed by atoms with E-state index in [9.17, 15) is 4.79 Å². The Kier molecular flexibility index (Phi) is 5.41. The highest BCUT2D eigenvalue weighted by Gasteiger charge is 2.22. The molecule has 0 amide bonds. The van der Waals surface area contributed by atoms with Gasteiger partial charge in [0.25, 0.3) is 11.3 Å². The Labute approximate surface area is 191 Å². The van der Waals surface area contributed by atoms with Crippen LogP contribution in [0.2, 0.25) is 0 Å². The van der Waals surface area contributed by atoms with E-state index in [1.807, 2.05) is 31.4 Å². The van der Waals surface area contributed by atoms with Gasteiger partial charge in [-0.2, -0.15) is 19.7 Å². The van der Waals surface area contributed by atoms with Crippen molar-refractivity contribution in [3.05, 3.63) is 57.5 Å². The first-order chi connectivity index (χ1) is 15.9. The summed E-state index contributed by atoms with van der Waals surface area (Å²) in [5, 5.41) is 13.4. The van der Waals surface area contributed by atoms with Gasteiger partial charge in [-0.3, -0.25) is 9.69 Å². The van der Waals surface area contributed by atoms with Crippen LogP contribution in [0.25, 0.3) is 11.6 Å². The summed E-state index contributed by atoms with van der Waals surface area (Å²) in [7, 11) is 0. The molecule has 0 radical (unpaired) electrons. The molecular weight excluding hydrogens is 420 g/mol. The molecule has 1 fully saturated rings. The molecule has 172 valence electrons. The van der Waals surface area contributed by atoms with Crippen molar-refractivity contribution in [1.29, 1.82) is 0 Å². The molecule has 0 N–H and O–H groups in total. The molecule has 0 aromatic carbocycles. The van der Waals surface area contributed by atoms with Crippen LogP contribution in [0, 0.1) is 27.7 Å². The Hall–Kier alpha value is -3.60. The number of rotatable bonds is 5. The maximum Gasteiger partial charge on any atom is 0.266 e. The zero-order valence-electron chi connectivity index (χ0n) is 19.4. The van der Waals surface area contributed by atoms with Gasteiger partial charge in [-0.25, -0.2) is 14.3 Å². The van der Waals surface area contributed by atoms with Crippen LogP contribution in [-0.4, -0.2) is 76.8 Å². The fourth-order valence-corrected chi connectivity index (χ4v) is 4.38. The number of anilines is 1. The van der Waals surface area contributed by atoms with Crippen LogP contribution in [0.15, 0.2) is 29.3 Å². The number of nitrogens with zero attached hydrogens (tertiary/aromatic N) is 10. The SMILES string of the molecule is Cc1cc(C)n(-c2ccc(=O)n(CCN3CCN(c4c(C)c(C)nc5ncnn45)CC3)n2)n1. The van der Waals surface area contributed by atoms with E-state index in [1.54, 1.807) is 23.1 Å². The van der Waals surface area contributed by atoms with Gasteiger partial charge in [-0.05, 0) is 39.8 Å². The second kappa shape index (κ2) is 8.39. The van der Waals surface area contributed by atoms with Crippen molar-refractivity contribution in [2.45, 2.75) is 34.2 Å². The van der Waals surface area contributed by atoms with E-state index in [1.165, 1.54) is 4.68 Å². The maximum absolute atomic E-state index is 12.4. The topological polar surface area (TPSA) is 102 Å². The third kappa shape index (κ3) is 3.99. The van der Waals surface area contributed by atoms with Crippen LogP contribution in [-0.2, 0) is 6.54 Å². The average molecular weight is 449 g/mol. The quantitative estimate of drug-likeness (QED) is 0.444. The van der Waals surface area contributed by atoms with Gasteiger partial charge in [0.05, 0.1) is 12.2 Å². The van der Waals surface area contributed by atoms with Crippen LogP contribution in [0.5, 0.6) is 0 Å². The van der Waals surface area contributed by atoms with E-state index in [4.69, 9.17) is 0 Å². The summed E-state index contributed by atoms with van der Waals surface area (Å²) < 4.78 is 5.13. The van der Waals surface area contributed by atoms with Crippen molar-refractivity contribution in [2.75, 3.05) is 37.6 Å². The molecule has 11 nitrogen and oxygen atoms in total.